The molecule has 7 nitrogen and oxygen atoms in total. The molecule has 2 aromatic rings. The molecule has 2 amide bonds. The summed E-state index contributed by atoms with van der Waals surface area (Å²) in [5.41, 5.74) is 1.74. The molecule has 0 spiro atoms. The number of hydrogen-bond donors (Lipinski definition) is 1. The molecule has 0 unspecified atom stereocenters. The van der Waals surface area contributed by atoms with Gasteiger partial charge in [0, 0.05) is 38.3 Å². The summed E-state index contributed by atoms with van der Waals surface area (Å²) in [6, 6.07) is 14.5. The molecule has 3 rings (SSSR count). The number of nitrogens with one attached hydrogen (secondary N) is 1. The monoisotopic (exact) mass is 453 g/mol. The lowest BCUT2D eigenvalue weighted by atomic mass is 10.0. The molecule has 33 heavy (non-hydrogen) atoms. The number of carbonyl (C=O) groups is 2. The predicted molar refractivity (Wildman–Crippen MR) is 129 cm³/mol. The van der Waals surface area contributed by atoms with E-state index in [0.29, 0.717) is 25.3 Å². The van der Waals surface area contributed by atoms with E-state index in [2.05, 4.69) is 22.3 Å². The van der Waals surface area contributed by atoms with Gasteiger partial charge in [-0.15, -0.1) is 0 Å². The Morgan fingerprint density at radius 2 is 1.55 bits per heavy atom. The Morgan fingerprint density at radius 3 is 2.09 bits per heavy atom. The van der Waals surface area contributed by atoms with Crippen LogP contribution in [0.5, 0.6) is 11.5 Å². The molecule has 1 aliphatic rings. The summed E-state index contributed by atoms with van der Waals surface area (Å²) in [6.45, 7) is 10.1. The van der Waals surface area contributed by atoms with Crippen LogP contribution in [0.25, 0.3) is 0 Å². The third-order valence-corrected chi connectivity index (χ3v) is 5.90. The minimum atomic E-state index is -0.558. The molecule has 2 aromatic carbocycles. The molecule has 1 aliphatic heterocycles. The number of rotatable bonds is 9. The van der Waals surface area contributed by atoms with E-state index in [-0.39, 0.29) is 17.7 Å². The summed E-state index contributed by atoms with van der Waals surface area (Å²) in [4.78, 5) is 30.2. The second-order valence-electron chi connectivity index (χ2n) is 8.60. The number of methoxy groups -OCH3 is 1. The van der Waals surface area contributed by atoms with Crippen LogP contribution in [-0.2, 0) is 11.3 Å². The number of benzene rings is 2. The van der Waals surface area contributed by atoms with E-state index in [1.54, 1.807) is 31.4 Å². The number of amides is 2. The summed E-state index contributed by atoms with van der Waals surface area (Å²) >= 11 is 0. The molecular weight excluding hydrogens is 418 g/mol. The number of ether oxygens (including phenoxy) is 2. The van der Waals surface area contributed by atoms with Gasteiger partial charge in [-0.2, -0.15) is 0 Å². The van der Waals surface area contributed by atoms with Crippen molar-refractivity contribution < 1.29 is 19.1 Å². The SMILES string of the molecule is CCOc1ccc(C(=O)N[C@H](C(=O)N2CCN(Cc3ccc(OC)cc3)CC2)C(C)C)cc1. The fraction of sp³-hybridized carbons (Fsp3) is 0.462. The summed E-state index contributed by atoms with van der Waals surface area (Å²) in [5, 5.41) is 2.95. The molecule has 1 fully saturated rings. The van der Waals surface area contributed by atoms with E-state index >= 15 is 0 Å². The lowest BCUT2D eigenvalue weighted by molar-refractivity contribution is -0.136. The van der Waals surface area contributed by atoms with Crippen LogP contribution in [0, 0.1) is 5.92 Å². The first-order valence-corrected chi connectivity index (χ1v) is 11.6. The van der Waals surface area contributed by atoms with Gasteiger partial charge >= 0.3 is 0 Å². The Kier molecular flexibility index (Phi) is 8.72. The van der Waals surface area contributed by atoms with Gasteiger partial charge in [0.25, 0.3) is 5.91 Å². The zero-order valence-electron chi connectivity index (χ0n) is 20.0. The van der Waals surface area contributed by atoms with Crippen molar-refractivity contribution in [3.63, 3.8) is 0 Å². The highest BCUT2D eigenvalue weighted by atomic mass is 16.5. The van der Waals surface area contributed by atoms with Gasteiger partial charge in [0.15, 0.2) is 0 Å². The highest BCUT2D eigenvalue weighted by molar-refractivity contribution is 5.97. The van der Waals surface area contributed by atoms with Gasteiger partial charge in [-0.25, -0.2) is 0 Å². The van der Waals surface area contributed by atoms with E-state index in [1.807, 2.05) is 37.8 Å². The van der Waals surface area contributed by atoms with Crippen LogP contribution in [0.2, 0.25) is 0 Å². The molecule has 0 bridgehead atoms. The van der Waals surface area contributed by atoms with Crippen LogP contribution >= 0.6 is 0 Å². The maximum Gasteiger partial charge on any atom is 0.251 e. The largest absolute Gasteiger partial charge is 0.497 e. The van der Waals surface area contributed by atoms with Gasteiger partial charge in [0.05, 0.1) is 13.7 Å². The average molecular weight is 454 g/mol. The van der Waals surface area contributed by atoms with Gasteiger partial charge in [-0.3, -0.25) is 14.5 Å². The van der Waals surface area contributed by atoms with Crippen molar-refractivity contribution in [1.29, 1.82) is 0 Å². The van der Waals surface area contributed by atoms with E-state index in [4.69, 9.17) is 9.47 Å². The Balaban J connectivity index is 1.54. The molecular formula is C26H35N3O4. The van der Waals surface area contributed by atoms with Crippen LogP contribution in [0.1, 0.15) is 36.7 Å². The molecule has 178 valence electrons. The van der Waals surface area contributed by atoms with Crippen molar-refractivity contribution in [2.24, 2.45) is 5.92 Å². The number of hydrogen-bond acceptors (Lipinski definition) is 5. The van der Waals surface area contributed by atoms with E-state index in [0.717, 1.165) is 31.1 Å². The molecule has 1 saturated heterocycles. The molecule has 0 radical (unpaired) electrons. The lowest BCUT2D eigenvalue weighted by Crippen LogP contribution is -2.56. The molecule has 7 heteroatoms. The summed E-state index contributed by atoms with van der Waals surface area (Å²) < 4.78 is 10.7. The van der Waals surface area contributed by atoms with Gasteiger partial charge in [-0.1, -0.05) is 26.0 Å². The van der Waals surface area contributed by atoms with E-state index in [1.165, 1.54) is 5.56 Å². The standard InChI is InChI=1S/C26H35N3O4/c1-5-33-23-12-8-21(9-13-23)25(30)27-24(19(2)3)26(31)29-16-14-28(15-17-29)18-20-6-10-22(32-4)11-7-20/h6-13,19,24H,5,14-18H2,1-4H3,(H,27,30)/t24-/m0/s1. The number of piperazine rings is 1. The van der Waals surface area contributed by atoms with E-state index < -0.39 is 6.04 Å². The maximum atomic E-state index is 13.2. The Morgan fingerprint density at radius 1 is 0.939 bits per heavy atom. The number of carbonyl (C=O) groups excluding carboxylic acids is 2. The highest BCUT2D eigenvalue weighted by Gasteiger charge is 2.31. The van der Waals surface area contributed by atoms with Crippen molar-refractivity contribution >= 4 is 11.8 Å². The second kappa shape index (κ2) is 11.7. The molecule has 1 atom stereocenters. The first-order chi connectivity index (χ1) is 15.9. The van der Waals surface area contributed by atoms with Gasteiger partial charge in [-0.05, 0) is 54.8 Å². The zero-order chi connectivity index (χ0) is 23.8. The van der Waals surface area contributed by atoms with Crippen LogP contribution in [-0.4, -0.2) is 67.6 Å². The molecule has 0 aliphatic carbocycles. The van der Waals surface area contributed by atoms with E-state index in [9.17, 15) is 9.59 Å². The third kappa shape index (κ3) is 6.71. The minimum Gasteiger partial charge on any atom is -0.497 e. The van der Waals surface area contributed by atoms with Crippen molar-refractivity contribution in [1.82, 2.24) is 15.1 Å². The second-order valence-corrected chi connectivity index (χ2v) is 8.60. The van der Waals surface area contributed by atoms with Crippen LogP contribution < -0.4 is 14.8 Å². The molecule has 0 saturated carbocycles. The first kappa shape index (κ1) is 24.6. The van der Waals surface area contributed by atoms with Crippen molar-refractivity contribution in [2.45, 2.75) is 33.4 Å². The predicted octanol–water partition coefficient (Wildman–Crippen LogP) is 3.19. The summed E-state index contributed by atoms with van der Waals surface area (Å²) in [6.07, 6.45) is 0. The van der Waals surface area contributed by atoms with Crippen molar-refractivity contribution in [2.75, 3.05) is 39.9 Å². The Hall–Kier alpha value is -3.06. The normalized spacial score (nSPS) is 15.2. The fourth-order valence-corrected chi connectivity index (χ4v) is 3.92. The van der Waals surface area contributed by atoms with Gasteiger partial charge in [0.2, 0.25) is 5.91 Å². The molecule has 1 N–H and O–H groups in total. The van der Waals surface area contributed by atoms with Crippen LogP contribution in [0.3, 0.4) is 0 Å². The summed E-state index contributed by atoms with van der Waals surface area (Å²) in [7, 11) is 1.66. The maximum absolute atomic E-state index is 13.2. The van der Waals surface area contributed by atoms with Crippen molar-refractivity contribution in [3.8, 4) is 11.5 Å². The topological polar surface area (TPSA) is 71.1 Å². The number of nitrogens with zero attached hydrogens (tertiary/aromatic N) is 2. The fourth-order valence-electron chi connectivity index (χ4n) is 3.92. The van der Waals surface area contributed by atoms with Crippen LogP contribution in [0.4, 0.5) is 0 Å². The average Bonchev–Trinajstić information content (AvgIpc) is 2.83. The van der Waals surface area contributed by atoms with Gasteiger partial charge in [0.1, 0.15) is 17.5 Å². The minimum absolute atomic E-state index is 0.0125. The quantitative estimate of drug-likeness (QED) is 0.631. The third-order valence-electron chi connectivity index (χ3n) is 5.90. The Labute approximate surface area is 196 Å². The highest BCUT2D eigenvalue weighted by Crippen LogP contribution is 2.16. The van der Waals surface area contributed by atoms with Crippen LogP contribution in [0.15, 0.2) is 48.5 Å². The van der Waals surface area contributed by atoms with Crippen molar-refractivity contribution in [3.05, 3.63) is 59.7 Å². The smallest absolute Gasteiger partial charge is 0.251 e. The first-order valence-electron chi connectivity index (χ1n) is 11.6. The molecule has 1 heterocycles. The zero-order valence-corrected chi connectivity index (χ0v) is 20.0. The van der Waals surface area contributed by atoms with Gasteiger partial charge < -0.3 is 19.7 Å². The lowest BCUT2D eigenvalue weighted by Gasteiger charge is -2.37. The Bertz CT molecular complexity index is 904. The summed E-state index contributed by atoms with van der Waals surface area (Å²) in [5.74, 6) is 1.29. The molecule has 0 aromatic heterocycles.